The number of aromatic nitrogens is 2. The standard InChI is InChI=1S/C21H31N7O2.HI/c1-4-22-20(26-17-6-7-18(29-2)19(16-17)30-3)23-10-11-27-12-14-28(15-13-27)21-24-8-5-9-25-21;/h5-9,16H,4,10-15H2,1-3H3,(H2,22,23,26);1H. The van der Waals surface area contributed by atoms with Crippen LogP contribution in [0, 0.1) is 0 Å². The van der Waals surface area contributed by atoms with Crippen molar-refractivity contribution in [2.75, 3.05) is 70.2 Å². The zero-order valence-corrected chi connectivity index (χ0v) is 20.7. The highest BCUT2D eigenvalue weighted by Gasteiger charge is 2.18. The fraction of sp³-hybridized carbons (Fsp3) is 0.476. The lowest BCUT2D eigenvalue weighted by atomic mass is 10.3. The van der Waals surface area contributed by atoms with Gasteiger partial charge in [-0.2, -0.15) is 0 Å². The van der Waals surface area contributed by atoms with Gasteiger partial charge in [0.25, 0.3) is 0 Å². The van der Waals surface area contributed by atoms with Crippen LogP contribution in [0.4, 0.5) is 11.6 Å². The average Bonchev–Trinajstić information content (AvgIpc) is 2.80. The number of benzene rings is 1. The quantitative estimate of drug-likeness (QED) is 0.299. The van der Waals surface area contributed by atoms with Crippen LogP contribution >= 0.6 is 24.0 Å². The molecule has 31 heavy (non-hydrogen) atoms. The molecule has 0 aliphatic carbocycles. The zero-order valence-electron chi connectivity index (χ0n) is 18.4. The first-order chi connectivity index (χ1) is 14.7. The molecule has 3 rings (SSSR count). The van der Waals surface area contributed by atoms with E-state index in [1.807, 2.05) is 24.3 Å². The van der Waals surface area contributed by atoms with E-state index in [1.54, 1.807) is 26.6 Å². The molecule has 10 heteroatoms. The first kappa shape index (κ1) is 24.9. The van der Waals surface area contributed by atoms with Crippen molar-refractivity contribution in [2.45, 2.75) is 6.92 Å². The summed E-state index contributed by atoms with van der Waals surface area (Å²) in [4.78, 5) is 18.0. The number of methoxy groups -OCH3 is 2. The minimum Gasteiger partial charge on any atom is -0.493 e. The molecule has 0 bridgehead atoms. The Morgan fingerprint density at radius 3 is 2.42 bits per heavy atom. The highest BCUT2D eigenvalue weighted by Crippen LogP contribution is 2.29. The van der Waals surface area contributed by atoms with E-state index in [2.05, 4.69) is 37.3 Å². The number of ether oxygens (including phenoxy) is 2. The van der Waals surface area contributed by atoms with Crippen LogP contribution in [-0.4, -0.2) is 80.9 Å². The Labute approximate surface area is 201 Å². The molecule has 1 aliphatic rings. The van der Waals surface area contributed by atoms with Gasteiger partial charge < -0.3 is 25.0 Å². The first-order valence-corrected chi connectivity index (χ1v) is 10.2. The number of nitrogens with zero attached hydrogens (tertiary/aromatic N) is 5. The van der Waals surface area contributed by atoms with Crippen molar-refractivity contribution in [1.29, 1.82) is 0 Å². The van der Waals surface area contributed by atoms with Gasteiger partial charge in [-0.3, -0.25) is 9.89 Å². The maximum atomic E-state index is 5.37. The van der Waals surface area contributed by atoms with Gasteiger partial charge in [-0.15, -0.1) is 24.0 Å². The van der Waals surface area contributed by atoms with E-state index in [0.717, 1.165) is 56.9 Å². The molecule has 2 N–H and O–H groups in total. The van der Waals surface area contributed by atoms with Gasteiger partial charge in [0.05, 0.1) is 20.8 Å². The number of piperazine rings is 1. The molecule has 9 nitrogen and oxygen atoms in total. The summed E-state index contributed by atoms with van der Waals surface area (Å²) in [6.07, 6.45) is 3.58. The third-order valence-corrected chi connectivity index (χ3v) is 4.88. The third kappa shape index (κ3) is 7.39. The summed E-state index contributed by atoms with van der Waals surface area (Å²) in [6, 6.07) is 7.56. The molecule has 0 unspecified atom stereocenters. The second kappa shape index (κ2) is 13.2. The molecule has 1 saturated heterocycles. The number of halogens is 1. The van der Waals surface area contributed by atoms with Gasteiger partial charge in [-0.1, -0.05) is 0 Å². The van der Waals surface area contributed by atoms with Crippen LogP contribution in [-0.2, 0) is 0 Å². The Hall–Kier alpha value is -2.34. The van der Waals surface area contributed by atoms with Crippen LogP contribution in [0.5, 0.6) is 11.5 Å². The Balaban J connectivity index is 0.00000341. The highest BCUT2D eigenvalue weighted by atomic mass is 127. The molecule has 170 valence electrons. The largest absolute Gasteiger partial charge is 0.493 e. The van der Waals surface area contributed by atoms with Crippen LogP contribution in [0.15, 0.2) is 41.7 Å². The second-order valence-corrected chi connectivity index (χ2v) is 6.83. The summed E-state index contributed by atoms with van der Waals surface area (Å²) in [5.41, 5.74) is 0.892. The summed E-state index contributed by atoms with van der Waals surface area (Å²) in [6.45, 7) is 8.28. The number of guanidine groups is 1. The Morgan fingerprint density at radius 1 is 1.06 bits per heavy atom. The third-order valence-electron chi connectivity index (χ3n) is 4.88. The van der Waals surface area contributed by atoms with Crippen LogP contribution in [0.3, 0.4) is 0 Å². The second-order valence-electron chi connectivity index (χ2n) is 6.83. The van der Waals surface area contributed by atoms with Crippen LogP contribution in [0.25, 0.3) is 0 Å². The normalized spacial score (nSPS) is 14.5. The summed E-state index contributed by atoms with van der Waals surface area (Å²) >= 11 is 0. The van der Waals surface area contributed by atoms with E-state index >= 15 is 0 Å². The monoisotopic (exact) mass is 541 g/mol. The predicted molar refractivity (Wildman–Crippen MR) is 135 cm³/mol. The fourth-order valence-electron chi connectivity index (χ4n) is 3.29. The van der Waals surface area contributed by atoms with E-state index in [4.69, 9.17) is 14.5 Å². The molecule has 2 heterocycles. The van der Waals surface area contributed by atoms with Gasteiger partial charge >= 0.3 is 0 Å². The van der Waals surface area contributed by atoms with Crippen LogP contribution in [0.2, 0.25) is 0 Å². The SMILES string of the molecule is CCNC(=NCCN1CCN(c2ncccn2)CC1)Nc1ccc(OC)c(OC)c1.I. The Morgan fingerprint density at radius 2 is 1.77 bits per heavy atom. The summed E-state index contributed by atoms with van der Waals surface area (Å²) in [5.74, 6) is 2.94. The maximum absolute atomic E-state index is 5.37. The van der Waals surface area contributed by atoms with Crippen molar-refractivity contribution >= 4 is 41.6 Å². The van der Waals surface area contributed by atoms with Crippen molar-refractivity contribution in [3.63, 3.8) is 0 Å². The van der Waals surface area contributed by atoms with E-state index in [9.17, 15) is 0 Å². The molecular formula is C21H32IN7O2. The smallest absolute Gasteiger partial charge is 0.225 e. The van der Waals surface area contributed by atoms with E-state index < -0.39 is 0 Å². The predicted octanol–water partition coefficient (Wildman–Crippen LogP) is 2.31. The van der Waals surface area contributed by atoms with E-state index in [1.165, 1.54) is 0 Å². The van der Waals surface area contributed by atoms with Crippen LogP contribution < -0.4 is 25.0 Å². The van der Waals surface area contributed by atoms with Crippen molar-refractivity contribution in [1.82, 2.24) is 20.2 Å². The molecule has 0 saturated carbocycles. The summed E-state index contributed by atoms with van der Waals surface area (Å²) in [7, 11) is 3.26. The van der Waals surface area contributed by atoms with Gasteiger partial charge in [0, 0.05) is 63.4 Å². The molecule has 0 spiro atoms. The molecule has 1 aromatic carbocycles. The van der Waals surface area contributed by atoms with E-state index in [-0.39, 0.29) is 24.0 Å². The molecule has 2 aromatic rings. The average molecular weight is 541 g/mol. The van der Waals surface area contributed by atoms with Crippen molar-refractivity contribution in [2.24, 2.45) is 4.99 Å². The lowest BCUT2D eigenvalue weighted by Gasteiger charge is -2.34. The molecule has 0 amide bonds. The van der Waals surface area contributed by atoms with Gasteiger partial charge in [-0.05, 0) is 25.1 Å². The minimum absolute atomic E-state index is 0. The summed E-state index contributed by atoms with van der Waals surface area (Å²) < 4.78 is 10.7. The van der Waals surface area contributed by atoms with Crippen molar-refractivity contribution in [3.05, 3.63) is 36.7 Å². The lowest BCUT2D eigenvalue weighted by molar-refractivity contribution is 0.264. The number of nitrogens with one attached hydrogen (secondary N) is 2. The maximum Gasteiger partial charge on any atom is 0.225 e. The molecule has 1 fully saturated rings. The Kier molecular flexibility index (Phi) is 10.6. The molecule has 1 aliphatic heterocycles. The summed E-state index contributed by atoms with van der Waals surface area (Å²) in [5, 5.41) is 6.62. The Bertz CT molecular complexity index is 815. The number of rotatable bonds is 8. The molecule has 0 radical (unpaired) electrons. The van der Waals surface area contributed by atoms with Crippen LogP contribution in [0.1, 0.15) is 6.92 Å². The minimum atomic E-state index is 0. The van der Waals surface area contributed by atoms with Gasteiger partial charge in [-0.25, -0.2) is 9.97 Å². The number of anilines is 2. The number of hydrogen-bond donors (Lipinski definition) is 2. The lowest BCUT2D eigenvalue weighted by Crippen LogP contribution is -2.47. The van der Waals surface area contributed by atoms with Gasteiger partial charge in [0.15, 0.2) is 17.5 Å². The van der Waals surface area contributed by atoms with Gasteiger partial charge in [0.1, 0.15) is 0 Å². The molecule has 0 atom stereocenters. The topological polar surface area (TPSA) is 87.1 Å². The fourth-order valence-corrected chi connectivity index (χ4v) is 3.29. The van der Waals surface area contributed by atoms with E-state index in [0.29, 0.717) is 18.0 Å². The number of hydrogen-bond acceptors (Lipinski definition) is 7. The van der Waals surface area contributed by atoms with Gasteiger partial charge in [0.2, 0.25) is 5.95 Å². The zero-order chi connectivity index (χ0) is 21.2. The molecule has 1 aromatic heterocycles. The number of aliphatic imine (C=N–C) groups is 1. The molecular weight excluding hydrogens is 509 g/mol. The first-order valence-electron chi connectivity index (χ1n) is 10.2. The van der Waals surface area contributed by atoms with Crippen molar-refractivity contribution in [3.8, 4) is 11.5 Å². The van der Waals surface area contributed by atoms with Crippen molar-refractivity contribution < 1.29 is 9.47 Å². The highest BCUT2D eigenvalue weighted by molar-refractivity contribution is 14.0.